The van der Waals surface area contributed by atoms with Gasteiger partial charge in [0.1, 0.15) is 0 Å². The Morgan fingerprint density at radius 2 is 1.83 bits per heavy atom. The fraction of sp³-hybridized carbons (Fsp3) is 0.571. The summed E-state index contributed by atoms with van der Waals surface area (Å²) in [5.41, 5.74) is 3.51. The fourth-order valence-corrected chi connectivity index (χ4v) is 6.94. The van der Waals surface area contributed by atoms with Crippen molar-refractivity contribution >= 4 is 23.1 Å². The van der Waals surface area contributed by atoms with E-state index in [1.165, 1.54) is 48.0 Å². The van der Waals surface area contributed by atoms with Gasteiger partial charge in [0, 0.05) is 59.8 Å². The van der Waals surface area contributed by atoms with Crippen molar-refractivity contribution in [3.05, 3.63) is 47.0 Å². The minimum Gasteiger partial charge on any atom is -0.382 e. The quantitative estimate of drug-likeness (QED) is 0.394. The highest BCUT2D eigenvalue weighted by molar-refractivity contribution is 7.99. The van der Waals surface area contributed by atoms with Crippen LogP contribution in [0.4, 0.5) is 24.5 Å². The molecular weight excluding hydrogens is 467 g/mol. The molecule has 0 spiro atoms. The lowest BCUT2D eigenvalue weighted by atomic mass is 9.97. The van der Waals surface area contributed by atoms with Gasteiger partial charge in [-0.15, -0.1) is 0 Å². The van der Waals surface area contributed by atoms with Crippen molar-refractivity contribution in [2.45, 2.75) is 74.4 Å². The number of fused-ring (bicyclic) bond motifs is 2. The molecule has 1 atom stereocenters. The van der Waals surface area contributed by atoms with Crippen molar-refractivity contribution in [1.29, 1.82) is 0 Å². The fourth-order valence-electron chi connectivity index (χ4n) is 5.76. The van der Waals surface area contributed by atoms with Crippen LogP contribution in [0, 0.1) is 5.92 Å². The lowest BCUT2D eigenvalue weighted by Gasteiger charge is -2.34. The summed E-state index contributed by atoms with van der Waals surface area (Å²) in [5.74, 6) is 0.671. The highest BCUT2D eigenvalue weighted by Crippen LogP contribution is 2.46. The van der Waals surface area contributed by atoms with Crippen LogP contribution >= 0.6 is 11.8 Å². The summed E-state index contributed by atoms with van der Waals surface area (Å²) in [6, 6.07) is 9.48. The molecule has 5 rings (SSSR count). The van der Waals surface area contributed by atoms with Crippen LogP contribution in [0.2, 0.25) is 0 Å². The molecule has 0 radical (unpaired) electrons. The van der Waals surface area contributed by atoms with Crippen molar-refractivity contribution in [1.82, 2.24) is 4.90 Å². The highest BCUT2D eigenvalue weighted by atomic mass is 32.2. The second kappa shape index (κ2) is 10.3. The molecule has 2 aromatic rings. The maximum atomic E-state index is 13.8. The summed E-state index contributed by atoms with van der Waals surface area (Å²) >= 11 is 1.50. The first-order valence-electron chi connectivity index (χ1n) is 13.1. The molecule has 2 fully saturated rings. The Labute approximate surface area is 211 Å². The van der Waals surface area contributed by atoms with Crippen LogP contribution in [-0.2, 0) is 12.6 Å². The second-order valence-corrected chi connectivity index (χ2v) is 11.6. The molecule has 3 aliphatic rings. The van der Waals surface area contributed by atoms with E-state index in [-0.39, 0.29) is 6.04 Å². The zero-order valence-corrected chi connectivity index (χ0v) is 21.6. The number of benzene rings is 2. The Morgan fingerprint density at radius 3 is 2.54 bits per heavy atom. The maximum Gasteiger partial charge on any atom is 0.416 e. The maximum absolute atomic E-state index is 13.8. The van der Waals surface area contributed by atoms with Crippen LogP contribution in [0.1, 0.15) is 62.6 Å². The average molecular weight is 504 g/mol. The van der Waals surface area contributed by atoms with E-state index in [9.17, 15) is 13.2 Å². The monoisotopic (exact) mass is 503 g/mol. The molecule has 0 bridgehead atoms. The lowest BCUT2D eigenvalue weighted by molar-refractivity contribution is -0.137. The Morgan fingerprint density at radius 1 is 1.03 bits per heavy atom. The smallest absolute Gasteiger partial charge is 0.382 e. The average Bonchev–Trinajstić information content (AvgIpc) is 2.83. The van der Waals surface area contributed by atoms with Crippen molar-refractivity contribution in [2.24, 2.45) is 5.92 Å². The molecule has 3 nitrogen and oxygen atoms in total. The first-order valence-corrected chi connectivity index (χ1v) is 13.9. The predicted octanol–water partition coefficient (Wildman–Crippen LogP) is 7.28. The van der Waals surface area contributed by atoms with E-state index in [1.807, 2.05) is 0 Å². The zero-order chi connectivity index (χ0) is 24.6. The van der Waals surface area contributed by atoms with E-state index in [0.29, 0.717) is 18.0 Å². The van der Waals surface area contributed by atoms with Crippen LogP contribution < -0.4 is 10.2 Å². The molecule has 190 valence electrons. The molecule has 7 heteroatoms. The van der Waals surface area contributed by atoms with Gasteiger partial charge >= 0.3 is 6.18 Å². The number of anilines is 2. The number of hydrogen-bond acceptors (Lipinski definition) is 4. The largest absolute Gasteiger partial charge is 0.416 e. The molecule has 0 aliphatic carbocycles. The first kappa shape index (κ1) is 24.8. The summed E-state index contributed by atoms with van der Waals surface area (Å²) in [6.07, 6.45) is 1.83. The van der Waals surface area contributed by atoms with Gasteiger partial charge in [-0.05, 0) is 80.0 Å². The third-order valence-corrected chi connectivity index (χ3v) is 8.87. The number of halogens is 3. The Balaban J connectivity index is 1.40. The van der Waals surface area contributed by atoms with Crippen LogP contribution in [-0.4, -0.2) is 43.7 Å². The minimum atomic E-state index is -4.36. The molecule has 3 aliphatic heterocycles. The number of likely N-dealkylation sites (tertiary alicyclic amines) is 1. The molecule has 2 aromatic carbocycles. The highest BCUT2D eigenvalue weighted by Gasteiger charge is 2.34. The topological polar surface area (TPSA) is 18.5 Å². The normalized spacial score (nSPS) is 21.5. The van der Waals surface area contributed by atoms with E-state index in [2.05, 4.69) is 47.2 Å². The number of nitrogens with one attached hydrogen (secondary N) is 1. The van der Waals surface area contributed by atoms with Gasteiger partial charge in [-0.3, -0.25) is 0 Å². The van der Waals surface area contributed by atoms with E-state index >= 15 is 0 Å². The molecule has 35 heavy (non-hydrogen) atoms. The summed E-state index contributed by atoms with van der Waals surface area (Å²) in [5, 5.41) is 3.53. The van der Waals surface area contributed by atoms with Gasteiger partial charge in [0.2, 0.25) is 0 Å². The van der Waals surface area contributed by atoms with Gasteiger partial charge in [0.05, 0.1) is 5.56 Å². The first-order chi connectivity index (χ1) is 16.8. The van der Waals surface area contributed by atoms with Crippen LogP contribution in [0.5, 0.6) is 0 Å². The minimum absolute atomic E-state index is 0.213. The number of piperidine rings is 2. The third-order valence-electron chi connectivity index (χ3n) is 7.68. The van der Waals surface area contributed by atoms with Gasteiger partial charge in [0.15, 0.2) is 0 Å². The standard InChI is InChI=1S/C28H36F3N3S/c1-3-10-33-12-8-22(9-13-33)32-25-15-21(28(29,30)31)16-27-24(25)14-20-6-7-23(17-26(20)35-27)34-11-4-5-19(2)18-34/h6-7,15-17,19,22,32H,3-5,8-14,18H2,1-2H3. The van der Waals surface area contributed by atoms with Crippen molar-refractivity contribution < 1.29 is 13.2 Å². The Bertz CT molecular complexity index is 1050. The van der Waals surface area contributed by atoms with E-state index in [0.717, 1.165) is 67.3 Å². The molecule has 0 aromatic heterocycles. The third kappa shape index (κ3) is 5.61. The molecular formula is C28H36F3N3S. The molecule has 0 saturated carbocycles. The summed E-state index contributed by atoms with van der Waals surface area (Å²) in [4.78, 5) is 6.70. The van der Waals surface area contributed by atoms with Gasteiger partial charge < -0.3 is 15.1 Å². The Hall–Kier alpha value is -1.86. The van der Waals surface area contributed by atoms with E-state index in [1.54, 1.807) is 0 Å². The second-order valence-electron chi connectivity index (χ2n) is 10.5. The SMILES string of the molecule is CCCN1CCC(Nc2cc(C(F)(F)F)cc3c2Cc2ccc(N4CCCC(C)C4)cc2S3)CC1. The molecule has 1 unspecified atom stereocenters. The van der Waals surface area contributed by atoms with Crippen LogP contribution in [0.15, 0.2) is 40.1 Å². The van der Waals surface area contributed by atoms with Gasteiger partial charge in [0.25, 0.3) is 0 Å². The zero-order valence-electron chi connectivity index (χ0n) is 20.8. The van der Waals surface area contributed by atoms with Crippen LogP contribution in [0.3, 0.4) is 0 Å². The number of alkyl halides is 3. The van der Waals surface area contributed by atoms with Crippen LogP contribution in [0.25, 0.3) is 0 Å². The van der Waals surface area contributed by atoms with Crippen molar-refractivity contribution in [3.8, 4) is 0 Å². The summed E-state index contributed by atoms with van der Waals surface area (Å²) in [7, 11) is 0. The van der Waals surface area contributed by atoms with E-state index < -0.39 is 11.7 Å². The number of hydrogen-bond donors (Lipinski definition) is 1. The Kier molecular flexibility index (Phi) is 7.27. The van der Waals surface area contributed by atoms with Gasteiger partial charge in [-0.2, -0.15) is 13.2 Å². The number of rotatable bonds is 5. The molecule has 2 saturated heterocycles. The molecule has 3 heterocycles. The predicted molar refractivity (Wildman–Crippen MR) is 139 cm³/mol. The molecule has 1 N–H and O–H groups in total. The molecule has 0 amide bonds. The summed E-state index contributed by atoms with van der Waals surface area (Å²) in [6.45, 7) is 9.67. The van der Waals surface area contributed by atoms with E-state index in [4.69, 9.17) is 0 Å². The summed E-state index contributed by atoms with van der Waals surface area (Å²) < 4.78 is 41.5. The lowest BCUT2D eigenvalue weighted by Crippen LogP contribution is -2.39. The van der Waals surface area contributed by atoms with Crippen molar-refractivity contribution in [3.63, 3.8) is 0 Å². The van der Waals surface area contributed by atoms with Gasteiger partial charge in [-0.25, -0.2) is 0 Å². The van der Waals surface area contributed by atoms with Gasteiger partial charge in [-0.1, -0.05) is 31.7 Å². The number of nitrogens with zero attached hydrogens (tertiary/aromatic N) is 2. The van der Waals surface area contributed by atoms with Crippen molar-refractivity contribution in [2.75, 3.05) is 42.9 Å².